The minimum atomic E-state index is 0.532. The van der Waals surface area contributed by atoms with Crippen LogP contribution in [0.25, 0.3) is 11.1 Å². The molecule has 2 aromatic carbocycles. The summed E-state index contributed by atoms with van der Waals surface area (Å²) in [6, 6.07) is 14.3. The molecule has 0 unspecified atom stereocenters. The van der Waals surface area contributed by atoms with Crippen molar-refractivity contribution in [3.8, 4) is 16.9 Å². The molecule has 0 amide bonds. The van der Waals surface area contributed by atoms with Gasteiger partial charge >= 0.3 is 0 Å². The van der Waals surface area contributed by atoms with Crippen LogP contribution in [0, 0.1) is 0 Å². The Morgan fingerprint density at radius 3 is 2.58 bits per heavy atom. The predicted octanol–water partition coefficient (Wildman–Crippen LogP) is 4.76. The monoisotopic (exact) mass is 435 g/mol. The van der Waals surface area contributed by atoms with Crippen molar-refractivity contribution in [2.24, 2.45) is 5.16 Å². The van der Waals surface area contributed by atoms with Gasteiger partial charge in [-0.2, -0.15) is 0 Å². The van der Waals surface area contributed by atoms with Crippen molar-refractivity contribution in [1.29, 1.82) is 0 Å². The van der Waals surface area contributed by atoms with Gasteiger partial charge in [0.15, 0.2) is 0 Å². The molecule has 1 aliphatic rings. The summed E-state index contributed by atoms with van der Waals surface area (Å²) in [7, 11) is 1.70. The zero-order valence-electron chi connectivity index (χ0n) is 13.4. The van der Waals surface area contributed by atoms with E-state index >= 15 is 0 Å². The molecule has 5 heteroatoms. The molecule has 0 aromatic heterocycles. The van der Waals surface area contributed by atoms with E-state index in [4.69, 9.17) is 12.6 Å². The highest BCUT2D eigenvalue weighted by Gasteiger charge is 2.25. The van der Waals surface area contributed by atoms with Crippen LogP contribution in [0.15, 0.2) is 59.8 Å². The Labute approximate surface area is 155 Å². The number of hydrogen-bond acceptors (Lipinski definition) is 4. The van der Waals surface area contributed by atoms with E-state index in [1.165, 1.54) is 5.56 Å². The largest absolute Gasteiger partial charge is 0.490 e. The second-order valence-corrected chi connectivity index (χ2v) is 5.72. The van der Waals surface area contributed by atoms with Crippen molar-refractivity contribution in [1.82, 2.24) is 0 Å². The Bertz CT molecular complexity index is 771. The molecule has 124 valence electrons. The van der Waals surface area contributed by atoms with E-state index in [1.807, 2.05) is 30.3 Å². The zero-order chi connectivity index (χ0) is 16.8. The van der Waals surface area contributed by atoms with Crippen molar-refractivity contribution in [2.75, 3.05) is 20.3 Å². The minimum absolute atomic E-state index is 0.532. The van der Waals surface area contributed by atoms with E-state index in [-0.39, 0.29) is 0 Å². The van der Waals surface area contributed by atoms with E-state index in [1.54, 1.807) is 30.1 Å². The lowest BCUT2D eigenvalue weighted by atomic mass is 10.1. The van der Waals surface area contributed by atoms with Gasteiger partial charge in [-0.05, 0) is 35.7 Å². The Balaban J connectivity index is 1.79. The van der Waals surface area contributed by atoms with Gasteiger partial charge in [0.2, 0.25) is 23.0 Å². The molecule has 0 radical (unpaired) electrons. The molecule has 4 nitrogen and oxygen atoms in total. The van der Waals surface area contributed by atoms with E-state index in [9.17, 15) is 0 Å². The molecule has 0 atom stereocenters. The van der Waals surface area contributed by atoms with Crippen molar-refractivity contribution in [3.05, 3.63) is 65.7 Å². The summed E-state index contributed by atoms with van der Waals surface area (Å²) in [6.45, 7) is 1.26. The summed E-state index contributed by atoms with van der Waals surface area (Å²) < 4.78 is 15.8. The van der Waals surface area contributed by atoms with Gasteiger partial charge in [0.05, 0.1) is 0 Å². The molecule has 1 aliphatic carbocycles. The van der Waals surface area contributed by atoms with Gasteiger partial charge in [-0.1, -0.05) is 41.6 Å². The number of fused-ring (bicyclic) bond motifs is 3. The highest BCUT2D eigenvalue weighted by atomic mass is 127. The molecule has 24 heavy (non-hydrogen) atoms. The first-order chi connectivity index (χ1) is 11.8. The number of rotatable bonds is 7. The number of ether oxygens (including phenoxy) is 2. The summed E-state index contributed by atoms with van der Waals surface area (Å²) in [5.74, 6) is 0.819. The second kappa shape index (κ2) is 8.30. The summed E-state index contributed by atoms with van der Waals surface area (Å²) in [5, 5.41) is 4.20. The highest BCUT2D eigenvalue weighted by molar-refractivity contribution is 14.1. The number of nitrogens with zero attached hydrogens (tertiary/aromatic N) is 1. The third-order valence-electron chi connectivity index (χ3n) is 3.85. The van der Waals surface area contributed by atoms with Gasteiger partial charge in [-0.25, -0.2) is 0 Å². The Hall–Kier alpha value is -1.86. The lowest BCUT2D eigenvalue weighted by Crippen LogP contribution is -2.00. The van der Waals surface area contributed by atoms with Crippen molar-refractivity contribution in [2.45, 2.75) is 6.42 Å². The van der Waals surface area contributed by atoms with Crippen LogP contribution in [0.3, 0.4) is 0 Å². The molecule has 0 spiro atoms. The number of hydrogen-bond donors (Lipinski definition) is 0. The first-order valence-corrected chi connectivity index (χ1v) is 8.60. The summed E-state index contributed by atoms with van der Waals surface area (Å²) >= 11 is 1.78. The third kappa shape index (κ3) is 3.62. The van der Waals surface area contributed by atoms with Gasteiger partial charge in [0.25, 0.3) is 0 Å². The van der Waals surface area contributed by atoms with Crippen molar-refractivity contribution in [3.63, 3.8) is 0 Å². The molecule has 2 aromatic rings. The molecular weight excluding hydrogens is 417 g/mol. The van der Waals surface area contributed by atoms with Crippen LogP contribution in [-0.4, -0.2) is 26.0 Å². The topological polar surface area (TPSA) is 40.0 Å². The standard InChI is InChI=1S/C19H18INO3/c1-22-11-5-2-6-12-23-14-9-10-16-15-7-3-4-8-17(15)19(21-24-20)18(16)13-14/h2-4,6-10,13H,5,11-12H2,1H3/b6-2-,21-19+. The quantitative estimate of drug-likeness (QED) is 0.233. The summed E-state index contributed by atoms with van der Waals surface area (Å²) in [5.41, 5.74) is 5.29. The number of oxime groups is 1. The fraction of sp³-hybridized carbons (Fsp3) is 0.211. The van der Waals surface area contributed by atoms with Gasteiger partial charge in [0.1, 0.15) is 18.1 Å². The van der Waals surface area contributed by atoms with Crippen molar-refractivity contribution < 1.29 is 12.6 Å². The Kier molecular flexibility index (Phi) is 5.87. The maximum Gasteiger partial charge on any atom is 0.230 e. The third-order valence-corrected chi connectivity index (χ3v) is 4.04. The maximum absolute atomic E-state index is 5.81. The fourth-order valence-electron chi connectivity index (χ4n) is 2.76. The maximum atomic E-state index is 5.81. The predicted molar refractivity (Wildman–Crippen MR) is 104 cm³/mol. The van der Waals surface area contributed by atoms with E-state index in [2.05, 4.69) is 29.4 Å². The van der Waals surface area contributed by atoms with Gasteiger partial charge in [-0.3, -0.25) is 0 Å². The molecule has 0 saturated heterocycles. The molecule has 3 rings (SSSR count). The lowest BCUT2D eigenvalue weighted by molar-refractivity contribution is 0.204. The molecule has 0 aliphatic heterocycles. The molecule has 0 saturated carbocycles. The van der Waals surface area contributed by atoms with Crippen LogP contribution in [0.1, 0.15) is 17.5 Å². The normalized spacial score (nSPS) is 14.0. The van der Waals surface area contributed by atoms with E-state index in [0.717, 1.165) is 41.2 Å². The Morgan fingerprint density at radius 1 is 1.00 bits per heavy atom. The Morgan fingerprint density at radius 2 is 1.79 bits per heavy atom. The van der Waals surface area contributed by atoms with Crippen molar-refractivity contribution >= 4 is 28.7 Å². The zero-order valence-corrected chi connectivity index (χ0v) is 15.5. The van der Waals surface area contributed by atoms with E-state index < -0.39 is 0 Å². The number of benzene rings is 2. The number of halogens is 1. The average molecular weight is 435 g/mol. The second-order valence-electron chi connectivity index (χ2n) is 5.33. The van der Waals surface area contributed by atoms with Gasteiger partial charge < -0.3 is 12.6 Å². The molecule has 0 heterocycles. The lowest BCUT2D eigenvalue weighted by Gasteiger charge is -2.06. The van der Waals surface area contributed by atoms with Crippen LogP contribution < -0.4 is 4.74 Å². The molecule has 0 N–H and O–H groups in total. The van der Waals surface area contributed by atoms with Crippen LogP contribution in [0.4, 0.5) is 0 Å². The first-order valence-electron chi connectivity index (χ1n) is 7.72. The van der Waals surface area contributed by atoms with Crippen LogP contribution in [0.2, 0.25) is 0 Å². The fourth-order valence-corrected chi connectivity index (χ4v) is 2.96. The van der Waals surface area contributed by atoms with Crippen LogP contribution in [0.5, 0.6) is 5.75 Å². The van der Waals surface area contributed by atoms with E-state index in [0.29, 0.717) is 6.61 Å². The smallest absolute Gasteiger partial charge is 0.230 e. The van der Waals surface area contributed by atoms with Gasteiger partial charge in [0, 0.05) is 24.8 Å². The highest BCUT2D eigenvalue weighted by Crippen LogP contribution is 2.38. The molecule has 0 bridgehead atoms. The van der Waals surface area contributed by atoms with Crippen LogP contribution >= 0.6 is 23.0 Å². The molecule has 0 fully saturated rings. The average Bonchev–Trinajstić information content (AvgIpc) is 2.92. The minimum Gasteiger partial charge on any atom is -0.490 e. The van der Waals surface area contributed by atoms with Crippen LogP contribution in [-0.2, 0) is 7.90 Å². The number of methoxy groups -OCH3 is 1. The summed E-state index contributed by atoms with van der Waals surface area (Å²) in [4.78, 5) is 0. The first kappa shape index (κ1) is 17.0. The molecular formula is C19H18INO3. The SMILES string of the molecule is COCC/C=C\COc1ccc2c(c1)/C(=N/OI)c1ccccc1-2. The van der Waals surface area contributed by atoms with Gasteiger partial charge in [-0.15, -0.1) is 0 Å². The summed E-state index contributed by atoms with van der Waals surface area (Å²) in [6.07, 6.45) is 4.95.